The summed E-state index contributed by atoms with van der Waals surface area (Å²) in [6, 6.07) is 26.6. The van der Waals surface area contributed by atoms with Gasteiger partial charge in [0.05, 0.1) is 12.2 Å². The predicted molar refractivity (Wildman–Crippen MR) is 165 cm³/mol. The van der Waals surface area contributed by atoms with Crippen LogP contribution in [0.2, 0.25) is 10.1 Å². The third-order valence-electron chi connectivity index (χ3n) is 7.07. The lowest BCUT2D eigenvalue weighted by molar-refractivity contribution is -0.137. The number of ether oxygens (including phenoxy) is 2. The quantitative estimate of drug-likeness (QED) is 0.130. The van der Waals surface area contributed by atoms with Gasteiger partial charge >= 0.3 is 6.18 Å². The van der Waals surface area contributed by atoms with E-state index in [0.717, 1.165) is 11.6 Å². The number of halogens is 4. The summed E-state index contributed by atoms with van der Waals surface area (Å²) >= 11 is 6.09. The van der Waals surface area contributed by atoms with E-state index in [4.69, 9.17) is 25.5 Å². The van der Waals surface area contributed by atoms with Crippen molar-refractivity contribution in [1.82, 2.24) is 4.98 Å². The van der Waals surface area contributed by atoms with Crippen LogP contribution in [-0.4, -0.2) is 38.2 Å². The Kier molecular flexibility index (Phi) is 10.6. The summed E-state index contributed by atoms with van der Waals surface area (Å²) in [4.78, 5) is 3.79. The number of hydrogen-bond acceptors (Lipinski definition) is 5. The van der Waals surface area contributed by atoms with Crippen molar-refractivity contribution in [3.8, 4) is 17.4 Å². The molecule has 0 spiro atoms. The van der Waals surface area contributed by atoms with E-state index in [1.54, 1.807) is 18.2 Å². The molecule has 1 aromatic heterocycles. The summed E-state index contributed by atoms with van der Waals surface area (Å²) in [6.45, 7) is 7.15. The Morgan fingerprint density at radius 3 is 2.02 bits per heavy atom. The van der Waals surface area contributed by atoms with Gasteiger partial charge in [-0.2, -0.15) is 13.2 Å². The molecule has 4 rings (SSSR count). The highest BCUT2D eigenvalue weighted by atomic mass is 35.5. The first-order valence-corrected chi connectivity index (χ1v) is 16.3. The summed E-state index contributed by atoms with van der Waals surface area (Å²) in [5, 5.41) is 11.2. The van der Waals surface area contributed by atoms with Gasteiger partial charge < -0.3 is 19.0 Å². The molecular formula is C33H35ClF3NO4Si. The van der Waals surface area contributed by atoms with E-state index in [0.29, 0.717) is 37.1 Å². The van der Waals surface area contributed by atoms with Gasteiger partial charge in [0.15, 0.2) is 0 Å². The monoisotopic (exact) mass is 629 g/mol. The van der Waals surface area contributed by atoms with Crippen LogP contribution in [0, 0.1) is 0 Å². The van der Waals surface area contributed by atoms with Gasteiger partial charge in [-0.1, -0.05) is 99.1 Å². The molecule has 0 aliphatic rings. The number of nitrogens with zero attached hydrogens (tertiary/aromatic N) is 1. The molecule has 0 unspecified atom stereocenters. The van der Waals surface area contributed by atoms with Crippen LogP contribution in [0.1, 0.15) is 38.3 Å². The number of aliphatic hydroxyl groups is 1. The first-order valence-electron chi connectivity index (χ1n) is 14.0. The maximum atomic E-state index is 13.1. The third-order valence-corrected chi connectivity index (χ3v) is 12.4. The smallest absolute Gasteiger partial charge is 0.417 e. The number of benzene rings is 3. The lowest BCUT2D eigenvalue weighted by Gasteiger charge is -2.43. The van der Waals surface area contributed by atoms with Crippen molar-refractivity contribution in [3.63, 3.8) is 0 Å². The molecule has 0 radical (unpaired) electrons. The fraction of sp³-hybridized carbons (Fsp3) is 0.303. The number of aryl methyl sites for hydroxylation is 1. The summed E-state index contributed by atoms with van der Waals surface area (Å²) in [5.41, 5.74) is -0.244. The Labute approximate surface area is 256 Å². The van der Waals surface area contributed by atoms with Gasteiger partial charge in [-0.15, -0.1) is 0 Å². The van der Waals surface area contributed by atoms with Crippen LogP contribution >= 0.6 is 11.6 Å². The van der Waals surface area contributed by atoms with E-state index < -0.39 is 20.1 Å². The zero-order chi connectivity index (χ0) is 31.1. The minimum Gasteiger partial charge on any atom is -0.491 e. The number of pyridine rings is 1. The Balaban J connectivity index is 1.55. The van der Waals surface area contributed by atoms with Crippen LogP contribution in [0.5, 0.6) is 17.4 Å². The number of aliphatic hydroxyl groups excluding tert-OH is 1. The molecule has 0 saturated carbocycles. The van der Waals surface area contributed by atoms with E-state index in [-0.39, 0.29) is 29.2 Å². The minimum absolute atomic E-state index is 0.0312. The average molecular weight is 630 g/mol. The maximum absolute atomic E-state index is 13.1. The largest absolute Gasteiger partial charge is 0.491 e. The molecule has 228 valence electrons. The Morgan fingerprint density at radius 2 is 1.49 bits per heavy atom. The zero-order valence-electron chi connectivity index (χ0n) is 24.3. The molecule has 3 aromatic carbocycles. The van der Waals surface area contributed by atoms with Crippen LogP contribution in [0.15, 0.2) is 91.1 Å². The molecule has 1 heterocycles. The van der Waals surface area contributed by atoms with Crippen molar-refractivity contribution in [3.05, 3.63) is 107 Å². The van der Waals surface area contributed by atoms with Gasteiger partial charge in [0.1, 0.15) is 23.1 Å². The lowest BCUT2D eigenvalue weighted by atomic mass is 10.1. The first kappa shape index (κ1) is 32.5. The summed E-state index contributed by atoms with van der Waals surface area (Å²) in [5.74, 6) is 0.650. The molecule has 0 aliphatic heterocycles. The lowest BCUT2D eigenvalue weighted by Crippen LogP contribution is -2.66. The second kappa shape index (κ2) is 13.9. The molecule has 0 amide bonds. The maximum Gasteiger partial charge on any atom is 0.417 e. The second-order valence-electron chi connectivity index (χ2n) is 11.1. The van der Waals surface area contributed by atoms with E-state index in [2.05, 4.69) is 50.0 Å². The van der Waals surface area contributed by atoms with Gasteiger partial charge in [-0.25, -0.2) is 4.98 Å². The molecule has 43 heavy (non-hydrogen) atoms. The van der Waals surface area contributed by atoms with Gasteiger partial charge in [-0.05, 0) is 45.9 Å². The minimum atomic E-state index is -4.58. The van der Waals surface area contributed by atoms with Crippen molar-refractivity contribution >= 4 is 30.3 Å². The molecule has 0 bridgehead atoms. The van der Waals surface area contributed by atoms with Crippen molar-refractivity contribution in [2.45, 2.75) is 44.8 Å². The van der Waals surface area contributed by atoms with Gasteiger partial charge in [0, 0.05) is 18.9 Å². The van der Waals surface area contributed by atoms with E-state index in [9.17, 15) is 18.3 Å². The molecule has 10 heteroatoms. The van der Waals surface area contributed by atoms with Gasteiger partial charge in [-0.3, -0.25) is 0 Å². The SMILES string of the molecule is CC(C)(C)[Si](OCCOc1ccc(CCCO)c(Oc2ncc(C(F)(F)F)cc2Cl)c1)(c1ccccc1)c1ccccc1. The molecule has 4 aromatic rings. The summed E-state index contributed by atoms with van der Waals surface area (Å²) < 4.78 is 58.1. The Morgan fingerprint density at radius 1 is 0.860 bits per heavy atom. The Hall–Kier alpha value is -3.37. The van der Waals surface area contributed by atoms with Crippen LogP contribution in [-0.2, 0) is 17.0 Å². The van der Waals surface area contributed by atoms with Crippen molar-refractivity contribution in [1.29, 1.82) is 0 Å². The molecule has 0 aliphatic carbocycles. The fourth-order valence-electron chi connectivity index (χ4n) is 5.07. The van der Waals surface area contributed by atoms with Gasteiger partial charge in [0.2, 0.25) is 5.88 Å². The highest BCUT2D eigenvalue weighted by Crippen LogP contribution is 2.38. The topological polar surface area (TPSA) is 60.8 Å². The highest BCUT2D eigenvalue weighted by molar-refractivity contribution is 6.99. The fourth-order valence-corrected chi connectivity index (χ4v) is 9.82. The summed E-state index contributed by atoms with van der Waals surface area (Å²) in [6.07, 6.45) is -2.96. The van der Waals surface area contributed by atoms with E-state index in [1.165, 1.54) is 10.4 Å². The number of alkyl halides is 3. The molecule has 0 atom stereocenters. The normalized spacial score (nSPS) is 12.3. The average Bonchev–Trinajstić information content (AvgIpc) is 2.97. The summed E-state index contributed by atoms with van der Waals surface area (Å²) in [7, 11) is -2.73. The standard InChI is InChI=1S/C33H35ClF3NO4Si/c1-32(2,3)43(27-12-6-4-7-13-27,28-14-8-5-9-15-28)41-20-19-40-26-17-16-24(11-10-18-39)30(22-26)42-31-29(34)21-25(23-38-31)33(35,36)37/h4-9,12-17,21-23,39H,10-11,18-20H2,1-3H3. The van der Waals surface area contributed by atoms with Gasteiger partial charge in [0.25, 0.3) is 8.32 Å². The van der Waals surface area contributed by atoms with E-state index >= 15 is 0 Å². The molecule has 0 fully saturated rings. The molecule has 0 saturated heterocycles. The number of hydrogen-bond donors (Lipinski definition) is 1. The molecule has 5 nitrogen and oxygen atoms in total. The van der Waals surface area contributed by atoms with Crippen LogP contribution in [0.4, 0.5) is 13.2 Å². The zero-order valence-corrected chi connectivity index (χ0v) is 26.1. The highest BCUT2D eigenvalue weighted by Gasteiger charge is 2.50. The van der Waals surface area contributed by atoms with Crippen LogP contribution in [0.3, 0.4) is 0 Å². The molecule has 1 N–H and O–H groups in total. The molecular weight excluding hydrogens is 595 g/mol. The predicted octanol–water partition coefficient (Wildman–Crippen LogP) is 7.43. The van der Waals surface area contributed by atoms with Crippen LogP contribution < -0.4 is 19.8 Å². The van der Waals surface area contributed by atoms with E-state index in [1.807, 2.05) is 36.4 Å². The van der Waals surface area contributed by atoms with Crippen molar-refractivity contribution in [2.24, 2.45) is 0 Å². The first-order chi connectivity index (χ1) is 20.5. The second-order valence-corrected chi connectivity index (χ2v) is 15.8. The van der Waals surface area contributed by atoms with Crippen molar-refractivity contribution in [2.75, 3.05) is 19.8 Å². The van der Waals surface area contributed by atoms with Crippen LogP contribution in [0.25, 0.3) is 0 Å². The number of aromatic nitrogens is 1. The Bertz CT molecular complexity index is 1440. The third kappa shape index (κ3) is 7.78. The van der Waals surface area contributed by atoms with Crippen molar-refractivity contribution < 1.29 is 32.2 Å². The number of rotatable bonds is 12.